The summed E-state index contributed by atoms with van der Waals surface area (Å²) in [5.74, 6) is -0.562. The van der Waals surface area contributed by atoms with Crippen LogP contribution in [0, 0.1) is 0 Å². The molecule has 80 valence electrons. The first-order chi connectivity index (χ1) is 7.66. The van der Waals surface area contributed by atoms with Crippen molar-refractivity contribution in [3.63, 3.8) is 0 Å². The molecular weight excluding hydrogens is 230 g/mol. The van der Waals surface area contributed by atoms with Gasteiger partial charge in [0.05, 0.1) is 11.2 Å². The minimum absolute atomic E-state index is 0.106. The number of aromatic amines is 1. The molecule has 3 rings (SSSR count). The lowest BCUT2D eigenvalue weighted by Crippen LogP contribution is -2.14. The summed E-state index contributed by atoms with van der Waals surface area (Å²) in [5.41, 5.74) is 0.942. The summed E-state index contributed by atoms with van der Waals surface area (Å²) < 4.78 is 4.80. The molecular formula is C11H6ClNO3. The van der Waals surface area contributed by atoms with Gasteiger partial charge in [-0.15, -0.1) is 0 Å². The van der Waals surface area contributed by atoms with Crippen molar-refractivity contribution in [1.82, 2.24) is 4.98 Å². The molecule has 0 bridgehead atoms. The Morgan fingerprint density at radius 2 is 2.12 bits per heavy atom. The van der Waals surface area contributed by atoms with Gasteiger partial charge in [-0.25, -0.2) is 4.79 Å². The topological polar surface area (TPSA) is 59.2 Å². The first-order valence-electron chi connectivity index (χ1n) is 4.68. The molecule has 1 N–H and O–H groups in total. The number of cyclic esters (lactones) is 1. The molecule has 0 amide bonds. The highest BCUT2D eigenvalue weighted by Gasteiger charge is 2.26. The van der Waals surface area contributed by atoms with Gasteiger partial charge in [-0.05, 0) is 18.2 Å². The number of esters is 1. The number of benzene rings is 1. The molecule has 0 aliphatic carbocycles. The third-order valence-electron chi connectivity index (χ3n) is 2.59. The van der Waals surface area contributed by atoms with E-state index >= 15 is 0 Å². The molecule has 1 aromatic carbocycles. The lowest BCUT2D eigenvalue weighted by molar-refractivity contribution is 0.0532. The summed E-state index contributed by atoms with van der Waals surface area (Å²) in [7, 11) is 0. The van der Waals surface area contributed by atoms with Crippen LogP contribution in [0.1, 0.15) is 16.1 Å². The van der Waals surface area contributed by atoms with Crippen LogP contribution < -0.4 is 5.43 Å². The predicted octanol–water partition coefficient (Wildman–Crippen LogP) is 1.85. The summed E-state index contributed by atoms with van der Waals surface area (Å²) in [6.45, 7) is 0.117. The number of hydrogen-bond acceptors (Lipinski definition) is 3. The summed E-state index contributed by atoms with van der Waals surface area (Å²) in [6.07, 6.45) is 0. The van der Waals surface area contributed by atoms with Crippen molar-refractivity contribution in [1.29, 1.82) is 0 Å². The minimum atomic E-state index is -0.562. The number of hydrogen-bond donors (Lipinski definition) is 1. The number of halogens is 1. The second-order valence-electron chi connectivity index (χ2n) is 3.57. The molecule has 2 heterocycles. The highest BCUT2D eigenvalue weighted by Crippen LogP contribution is 2.20. The molecule has 0 saturated carbocycles. The highest BCUT2D eigenvalue weighted by molar-refractivity contribution is 6.31. The van der Waals surface area contributed by atoms with E-state index in [1.165, 1.54) is 0 Å². The first kappa shape index (κ1) is 9.42. The van der Waals surface area contributed by atoms with Crippen LogP contribution in [0.5, 0.6) is 0 Å². The molecule has 1 aliphatic heterocycles. The van der Waals surface area contributed by atoms with Crippen LogP contribution in [0.15, 0.2) is 23.0 Å². The largest absolute Gasteiger partial charge is 0.455 e. The molecule has 2 aromatic rings. The maximum atomic E-state index is 12.0. The van der Waals surface area contributed by atoms with E-state index in [4.69, 9.17) is 16.3 Å². The fourth-order valence-electron chi connectivity index (χ4n) is 1.85. The number of carbonyl (C=O) groups excluding carboxylic acids is 1. The number of nitrogens with one attached hydrogen (secondary N) is 1. The van der Waals surface area contributed by atoms with Crippen molar-refractivity contribution < 1.29 is 9.53 Å². The van der Waals surface area contributed by atoms with Gasteiger partial charge in [0.1, 0.15) is 12.2 Å². The van der Waals surface area contributed by atoms with Gasteiger partial charge in [0, 0.05) is 10.4 Å². The summed E-state index contributed by atoms with van der Waals surface area (Å²) in [6, 6.07) is 4.87. The number of H-pyrrole nitrogens is 1. The molecule has 1 aromatic heterocycles. The Morgan fingerprint density at radius 3 is 2.94 bits per heavy atom. The number of ether oxygens (including phenoxy) is 1. The third-order valence-corrected chi connectivity index (χ3v) is 2.83. The molecule has 1 aliphatic rings. The maximum Gasteiger partial charge on any atom is 0.344 e. The van der Waals surface area contributed by atoms with Crippen LogP contribution in [0.25, 0.3) is 10.9 Å². The zero-order chi connectivity index (χ0) is 11.3. The van der Waals surface area contributed by atoms with E-state index in [0.29, 0.717) is 21.6 Å². The summed E-state index contributed by atoms with van der Waals surface area (Å²) in [5, 5.41) is 0.982. The van der Waals surface area contributed by atoms with Gasteiger partial charge in [0.15, 0.2) is 0 Å². The van der Waals surface area contributed by atoms with E-state index in [-0.39, 0.29) is 17.6 Å². The second-order valence-corrected chi connectivity index (χ2v) is 4.01. The lowest BCUT2D eigenvalue weighted by Gasteiger charge is -2.01. The van der Waals surface area contributed by atoms with E-state index < -0.39 is 5.97 Å². The van der Waals surface area contributed by atoms with Gasteiger partial charge in [-0.2, -0.15) is 0 Å². The summed E-state index contributed by atoms with van der Waals surface area (Å²) >= 11 is 5.83. The van der Waals surface area contributed by atoms with Crippen LogP contribution in [0.3, 0.4) is 0 Å². The molecule has 4 nitrogen and oxygen atoms in total. The van der Waals surface area contributed by atoms with Gasteiger partial charge in [-0.1, -0.05) is 11.6 Å². The molecule has 0 spiro atoms. The molecule has 5 heteroatoms. The van der Waals surface area contributed by atoms with Gasteiger partial charge < -0.3 is 9.72 Å². The maximum absolute atomic E-state index is 12.0. The predicted molar refractivity (Wildman–Crippen MR) is 58.7 cm³/mol. The van der Waals surface area contributed by atoms with Crippen LogP contribution in [0.2, 0.25) is 5.02 Å². The zero-order valence-electron chi connectivity index (χ0n) is 8.04. The second kappa shape index (κ2) is 3.09. The zero-order valence-corrected chi connectivity index (χ0v) is 8.80. The molecule has 0 fully saturated rings. The Balaban J connectivity index is 2.48. The van der Waals surface area contributed by atoms with Crippen LogP contribution >= 0.6 is 11.6 Å². The van der Waals surface area contributed by atoms with Crippen molar-refractivity contribution >= 4 is 28.5 Å². The lowest BCUT2D eigenvalue weighted by atomic mass is 10.1. The van der Waals surface area contributed by atoms with E-state index in [9.17, 15) is 9.59 Å². The van der Waals surface area contributed by atoms with Crippen molar-refractivity contribution in [2.45, 2.75) is 6.61 Å². The minimum Gasteiger partial charge on any atom is -0.455 e. The van der Waals surface area contributed by atoms with E-state index in [2.05, 4.69) is 4.98 Å². The SMILES string of the molecule is O=C1OCc2[nH]c3cc(Cl)ccc3c(=O)c21. The van der Waals surface area contributed by atoms with E-state index in [1.807, 2.05) is 0 Å². The Kier molecular flexibility index (Phi) is 1.82. The molecule has 0 radical (unpaired) electrons. The summed E-state index contributed by atoms with van der Waals surface area (Å²) in [4.78, 5) is 26.3. The fraction of sp³-hybridized carbons (Fsp3) is 0.0909. The average molecular weight is 236 g/mol. The molecule has 16 heavy (non-hydrogen) atoms. The van der Waals surface area contributed by atoms with Crippen molar-refractivity contribution in [3.8, 4) is 0 Å². The van der Waals surface area contributed by atoms with Gasteiger partial charge in [0.25, 0.3) is 0 Å². The smallest absolute Gasteiger partial charge is 0.344 e. The fourth-order valence-corrected chi connectivity index (χ4v) is 2.02. The number of aromatic nitrogens is 1. The van der Waals surface area contributed by atoms with Gasteiger partial charge >= 0.3 is 5.97 Å². The van der Waals surface area contributed by atoms with Gasteiger partial charge in [0.2, 0.25) is 5.43 Å². The van der Waals surface area contributed by atoms with E-state index in [1.54, 1.807) is 18.2 Å². The van der Waals surface area contributed by atoms with Crippen LogP contribution in [0.4, 0.5) is 0 Å². The van der Waals surface area contributed by atoms with Crippen molar-refractivity contribution in [2.75, 3.05) is 0 Å². The Hall–Kier alpha value is -1.81. The van der Waals surface area contributed by atoms with Gasteiger partial charge in [-0.3, -0.25) is 4.79 Å². The molecule has 0 unspecified atom stereocenters. The monoisotopic (exact) mass is 235 g/mol. The first-order valence-corrected chi connectivity index (χ1v) is 5.06. The average Bonchev–Trinajstić information content (AvgIpc) is 2.60. The van der Waals surface area contributed by atoms with Crippen LogP contribution in [-0.2, 0) is 11.3 Å². The number of pyridine rings is 1. The quantitative estimate of drug-likeness (QED) is 0.709. The number of fused-ring (bicyclic) bond motifs is 2. The highest BCUT2D eigenvalue weighted by atomic mass is 35.5. The normalized spacial score (nSPS) is 13.9. The third kappa shape index (κ3) is 1.17. The number of carbonyl (C=O) groups is 1. The van der Waals surface area contributed by atoms with E-state index in [0.717, 1.165) is 0 Å². The van der Waals surface area contributed by atoms with Crippen molar-refractivity contribution in [2.24, 2.45) is 0 Å². The van der Waals surface area contributed by atoms with Crippen LogP contribution in [-0.4, -0.2) is 11.0 Å². The Bertz CT molecular complexity index is 675. The Morgan fingerprint density at radius 1 is 1.31 bits per heavy atom. The standard InChI is InChI=1S/C11H6ClNO3/c12-5-1-2-6-7(3-5)13-8-4-16-11(15)9(8)10(6)14/h1-3H,4H2,(H,13,14). The number of rotatable bonds is 0. The molecule has 0 saturated heterocycles. The Labute approximate surface area is 94.8 Å². The molecule has 0 atom stereocenters. The van der Waals surface area contributed by atoms with Crippen molar-refractivity contribution in [3.05, 3.63) is 44.7 Å².